The van der Waals surface area contributed by atoms with E-state index in [9.17, 15) is 10.1 Å². The lowest BCUT2D eigenvalue weighted by atomic mass is 10.00. The molecule has 0 saturated heterocycles. The lowest BCUT2D eigenvalue weighted by Crippen LogP contribution is -2.16. The lowest BCUT2D eigenvalue weighted by molar-refractivity contribution is -0.384. The summed E-state index contributed by atoms with van der Waals surface area (Å²) < 4.78 is 0. The zero-order chi connectivity index (χ0) is 18.5. The minimum Gasteiger partial charge on any atom is -0.309 e. The minimum absolute atomic E-state index is 0.0475. The van der Waals surface area contributed by atoms with Gasteiger partial charge in [-0.2, -0.15) is 0 Å². The van der Waals surface area contributed by atoms with Gasteiger partial charge in [-0.3, -0.25) is 15.1 Å². The third kappa shape index (κ3) is 4.36. The largest absolute Gasteiger partial charge is 0.309 e. The summed E-state index contributed by atoms with van der Waals surface area (Å²) in [6, 6.07) is 14.5. The molecule has 0 aromatic heterocycles. The van der Waals surface area contributed by atoms with Crippen molar-refractivity contribution in [1.29, 1.82) is 0 Å². The number of hydrogen-bond donors (Lipinski definition) is 0. The Morgan fingerprint density at radius 2 is 1.96 bits per heavy atom. The van der Waals surface area contributed by atoms with Crippen LogP contribution in [0, 0.1) is 10.1 Å². The van der Waals surface area contributed by atoms with Crippen molar-refractivity contribution in [3.8, 4) is 0 Å². The van der Waals surface area contributed by atoms with Gasteiger partial charge in [0.2, 0.25) is 0 Å². The Labute approximate surface area is 156 Å². The zero-order valence-corrected chi connectivity index (χ0v) is 15.6. The van der Waals surface area contributed by atoms with Crippen LogP contribution in [0.5, 0.6) is 0 Å². The van der Waals surface area contributed by atoms with Gasteiger partial charge in [-0.1, -0.05) is 30.3 Å². The average molecular weight is 368 g/mol. The molecule has 0 radical (unpaired) electrons. The van der Waals surface area contributed by atoms with Crippen molar-refractivity contribution >= 4 is 33.9 Å². The van der Waals surface area contributed by atoms with Gasteiger partial charge in [0, 0.05) is 35.6 Å². The van der Waals surface area contributed by atoms with Crippen LogP contribution >= 0.6 is 11.8 Å². The second-order valence-electron chi connectivity index (χ2n) is 6.15. The summed E-state index contributed by atoms with van der Waals surface area (Å²) in [5, 5.41) is 12.1. The molecule has 0 saturated carbocycles. The summed E-state index contributed by atoms with van der Waals surface area (Å²) in [6.07, 6.45) is 0. The lowest BCUT2D eigenvalue weighted by Gasteiger charge is -2.08. The topological polar surface area (TPSA) is 71.1 Å². The van der Waals surface area contributed by atoms with Crippen molar-refractivity contribution in [3.63, 3.8) is 0 Å². The molecule has 0 unspecified atom stereocenters. The SMILES string of the molecule is CN(C)CCSC1=Nc2ccc([N+](=O)[O-])cc2C(c2ccccc2)=NC1. The Bertz CT molecular complexity index is 863. The first-order valence-corrected chi connectivity index (χ1v) is 9.27. The van der Waals surface area contributed by atoms with Crippen LogP contribution in [-0.4, -0.2) is 53.5 Å². The van der Waals surface area contributed by atoms with Gasteiger partial charge in [0.05, 0.1) is 27.9 Å². The van der Waals surface area contributed by atoms with Crippen LogP contribution < -0.4 is 0 Å². The van der Waals surface area contributed by atoms with Crippen LogP contribution in [0.4, 0.5) is 11.4 Å². The third-order valence-corrected chi connectivity index (χ3v) is 4.86. The van der Waals surface area contributed by atoms with E-state index in [1.807, 2.05) is 44.4 Å². The molecule has 1 aliphatic rings. The number of rotatable bonds is 5. The molecule has 2 aromatic carbocycles. The normalized spacial score (nSPS) is 13.7. The van der Waals surface area contributed by atoms with Crippen molar-refractivity contribution in [2.75, 3.05) is 32.9 Å². The average Bonchev–Trinajstić information content (AvgIpc) is 2.80. The van der Waals surface area contributed by atoms with Crippen molar-refractivity contribution in [1.82, 2.24) is 4.90 Å². The number of benzene rings is 2. The molecule has 1 heterocycles. The molecule has 0 aliphatic carbocycles. The number of non-ortho nitro benzene ring substituents is 1. The minimum atomic E-state index is -0.385. The number of hydrogen-bond acceptors (Lipinski definition) is 6. The molecule has 2 aromatic rings. The summed E-state index contributed by atoms with van der Waals surface area (Å²) in [5.41, 5.74) is 3.16. The fraction of sp³-hybridized carbons (Fsp3) is 0.263. The summed E-state index contributed by atoms with van der Waals surface area (Å²) in [5.74, 6) is 0.921. The van der Waals surface area contributed by atoms with E-state index in [1.54, 1.807) is 23.9 Å². The van der Waals surface area contributed by atoms with Crippen LogP contribution in [0.1, 0.15) is 11.1 Å². The number of thioether (sulfide) groups is 1. The van der Waals surface area contributed by atoms with E-state index in [-0.39, 0.29) is 10.6 Å². The first-order valence-electron chi connectivity index (χ1n) is 8.28. The molecular formula is C19H20N4O2S. The predicted octanol–water partition coefficient (Wildman–Crippen LogP) is 3.77. The Balaban J connectivity index is 2.00. The third-order valence-electron chi connectivity index (χ3n) is 3.92. The molecular weight excluding hydrogens is 348 g/mol. The van der Waals surface area contributed by atoms with Gasteiger partial charge >= 0.3 is 0 Å². The Morgan fingerprint density at radius 3 is 2.65 bits per heavy atom. The van der Waals surface area contributed by atoms with Crippen LogP contribution in [0.25, 0.3) is 0 Å². The fourth-order valence-corrected chi connectivity index (χ4v) is 3.60. The molecule has 0 fully saturated rings. The smallest absolute Gasteiger partial charge is 0.270 e. The van der Waals surface area contributed by atoms with E-state index < -0.39 is 0 Å². The monoisotopic (exact) mass is 368 g/mol. The number of aliphatic imine (C=N–C) groups is 2. The number of nitrogens with zero attached hydrogens (tertiary/aromatic N) is 4. The van der Waals surface area contributed by atoms with Gasteiger partial charge in [-0.15, -0.1) is 11.8 Å². The predicted molar refractivity (Wildman–Crippen MR) is 108 cm³/mol. The molecule has 0 spiro atoms. The maximum atomic E-state index is 11.2. The molecule has 7 heteroatoms. The zero-order valence-electron chi connectivity index (χ0n) is 14.8. The molecule has 3 rings (SSSR count). The van der Waals surface area contributed by atoms with Gasteiger partial charge in [-0.05, 0) is 20.2 Å². The maximum Gasteiger partial charge on any atom is 0.270 e. The highest BCUT2D eigenvalue weighted by Gasteiger charge is 2.19. The van der Waals surface area contributed by atoms with Crippen LogP contribution in [0.15, 0.2) is 58.5 Å². The fourth-order valence-electron chi connectivity index (χ4n) is 2.59. The number of fused-ring (bicyclic) bond motifs is 1. The van der Waals surface area contributed by atoms with Gasteiger partial charge in [0.1, 0.15) is 0 Å². The Kier molecular flexibility index (Phi) is 5.80. The number of nitro groups is 1. The summed E-state index contributed by atoms with van der Waals surface area (Å²) in [4.78, 5) is 22.4. The van der Waals surface area contributed by atoms with E-state index in [2.05, 4.69) is 4.90 Å². The van der Waals surface area contributed by atoms with E-state index in [0.29, 0.717) is 12.1 Å². The van der Waals surface area contributed by atoms with Crippen LogP contribution in [0.2, 0.25) is 0 Å². The van der Waals surface area contributed by atoms with Gasteiger partial charge in [0.15, 0.2) is 0 Å². The van der Waals surface area contributed by atoms with E-state index in [4.69, 9.17) is 9.98 Å². The quantitative estimate of drug-likeness (QED) is 0.595. The molecule has 0 N–H and O–H groups in total. The first-order chi connectivity index (χ1) is 12.5. The second kappa shape index (κ2) is 8.25. The van der Waals surface area contributed by atoms with Gasteiger partial charge < -0.3 is 4.90 Å². The van der Waals surface area contributed by atoms with E-state index >= 15 is 0 Å². The van der Waals surface area contributed by atoms with E-state index in [0.717, 1.165) is 34.3 Å². The van der Waals surface area contributed by atoms with Gasteiger partial charge in [0.25, 0.3) is 5.69 Å². The van der Waals surface area contributed by atoms with Crippen molar-refractivity contribution < 1.29 is 4.92 Å². The summed E-state index contributed by atoms with van der Waals surface area (Å²) >= 11 is 1.68. The van der Waals surface area contributed by atoms with Crippen molar-refractivity contribution in [3.05, 3.63) is 69.8 Å². The standard InChI is InChI=1S/C19H20N4O2S/c1-22(2)10-11-26-18-13-20-19(14-6-4-3-5-7-14)16-12-15(23(24)25)8-9-17(16)21-18/h3-9,12H,10-11,13H2,1-2H3. The van der Waals surface area contributed by atoms with Crippen LogP contribution in [0.3, 0.4) is 0 Å². The van der Waals surface area contributed by atoms with Crippen LogP contribution in [-0.2, 0) is 0 Å². The molecule has 0 bridgehead atoms. The molecule has 134 valence electrons. The van der Waals surface area contributed by atoms with Crippen molar-refractivity contribution in [2.45, 2.75) is 0 Å². The summed E-state index contributed by atoms with van der Waals surface area (Å²) in [7, 11) is 4.07. The van der Waals surface area contributed by atoms with Gasteiger partial charge in [-0.25, -0.2) is 4.99 Å². The Morgan fingerprint density at radius 1 is 1.19 bits per heavy atom. The highest BCUT2D eigenvalue weighted by Crippen LogP contribution is 2.30. The second-order valence-corrected chi connectivity index (χ2v) is 7.31. The molecule has 26 heavy (non-hydrogen) atoms. The molecule has 1 aliphatic heterocycles. The first kappa shape index (κ1) is 18.3. The molecule has 0 amide bonds. The highest BCUT2D eigenvalue weighted by atomic mass is 32.2. The molecule has 6 nitrogen and oxygen atoms in total. The van der Waals surface area contributed by atoms with E-state index in [1.165, 1.54) is 6.07 Å². The summed E-state index contributed by atoms with van der Waals surface area (Å²) in [6.45, 7) is 1.43. The highest BCUT2D eigenvalue weighted by molar-refractivity contribution is 8.14. The van der Waals surface area contributed by atoms with Crippen molar-refractivity contribution in [2.24, 2.45) is 9.98 Å². The molecule has 0 atom stereocenters. The maximum absolute atomic E-state index is 11.2. The number of nitro benzene ring substituents is 1. The Hall–Kier alpha value is -2.51.